The van der Waals surface area contributed by atoms with Gasteiger partial charge in [-0.15, -0.1) is 0 Å². The van der Waals surface area contributed by atoms with Crippen molar-refractivity contribution in [2.24, 2.45) is 0 Å². The second-order valence-corrected chi connectivity index (χ2v) is 6.21. The number of hydrogen-bond donors (Lipinski definition) is 1. The molecule has 4 nitrogen and oxygen atoms in total. The Morgan fingerprint density at radius 1 is 1.12 bits per heavy atom. The number of carboxylic acids is 1. The Balaban J connectivity index is 2.50. The molecule has 0 aliphatic heterocycles. The van der Waals surface area contributed by atoms with Crippen molar-refractivity contribution in [3.8, 4) is 5.75 Å². The van der Waals surface area contributed by atoms with Crippen LogP contribution in [-0.2, 0) is 16.1 Å². The van der Waals surface area contributed by atoms with Gasteiger partial charge in [-0.1, -0.05) is 6.07 Å². The summed E-state index contributed by atoms with van der Waals surface area (Å²) in [7, 11) is 0. The highest BCUT2D eigenvalue weighted by Gasteiger charge is 2.56. The monoisotopic (exact) mass is 504 g/mol. The summed E-state index contributed by atoms with van der Waals surface area (Å²) in [6.07, 6.45) is -12.0. The lowest BCUT2D eigenvalue weighted by Crippen LogP contribution is -2.36. The number of alkyl halides is 7. The van der Waals surface area contributed by atoms with Crippen molar-refractivity contribution in [3.05, 3.63) is 27.3 Å². The zero-order valence-corrected chi connectivity index (χ0v) is 14.9. The number of carboxylic acid groups (broad SMARTS) is 1. The highest BCUT2D eigenvalue weighted by Crippen LogP contribution is 2.38. The van der Waals surface area contributed by atoms with E-state index in [1.807, 2.05) is 0 Å². The molecule has 12 heteroatoms. The molecule has 0 aromatic heterocycles. The predicted molar refractivity (Wildman–Crippen MR) is 82.3 cm³/mol. The fourth-order valence-corrected chi connectivity index (χ4v) is 2.32. The van der Waals surface area contributed by atoms with Crippen LogP contribution in [0.25, 0.3) is 0 Å². The number of hydrogen-bond acceptors (Lipinski definition) is 3. The Morgan fingerprint density at radius 2 is 1.73 bits per heavy atom. The lowest BCUT2D eigenvalue weighted by molar-refractivity contribution is -0.285. The Bertz CT molecular complexity index is 634. The van der Waals surface area contributed by atoms with E-state index in [9.17, 15) is 35.5 Å². The molecule has 0 heterocycles. The van der Waals surface area contributed by atoms with Crippen molar-refractivity contribution in [3.63, 3.8) is 0 Å². The van der Waals surface area contributed by atoms with Gasteiger partial charge in [0, 0.05) is 13.0 Å². The quantitative estimate of drug-likeness (QED) is 0.297. The van der Waals surface area contributed by atoms with E-state index in [0.717, 1.165) is 6.07 Å². The molecule has 0 bridgehead atoms. The van der Waals surface area contributed by atoms with Gasteiger partial charge in [0.05, 0.1) is 10.2 Å². The highest BCUT2D eigenvalue weighted by molar-refractivity contribution is 14.1. The van der Waals surface area contributed by atoms with Crippen molar-refractivity contribution in [2.45, 2.75) is 37.7 Å². The number of ether oxygens (including phenoxy) is 2. The third-order valence-electron chi connectivity index (χ3n) is 2.95. The van der Waals surface area contributed by atoms with E-state index in [1.54, 1.807) is 22.6 Å². The number of benzene rings is 1. The molecule has 0 atom stereocenters. The minimum Gasteiger partial charge on any atom is -0.474 e. The van der Waals surface area contributed by atoms with Gasteiger partial charge in [0.15, 0.2) is 0 Å². The molecule has 0 amide bonds. The van der Waals surface area contributed by atoms with E-state index in [1.165, 1.54) is 12.1 Å². The lowest BCUT2D eigenvalue weighted by Gasteiger charge is -2.19. The first-order valence-corrected chi connectivity index (χ1v) is 7.95. The van der Waals surface area contributed by atoms with Crippen LogP contribution in [0.3, 0.4) is 0 Å². The SMILES string of the molecule is O=C(O)C(F)(F)Oc1ccc(COCCCC(F)(F)C(F)(F)F)cc1I. The van der Waals surface area contributed by atoms with Gasteiger partial charge in [0.2, 0.25) is 0 Å². The summed E-state index contributed by atoms with van der Waals surface area (Å²) >= 11 is 1.61. The first-order chi connectivity index (χ1) is 11.8. The Labute approximate surface area is 156 Å². The average Bonchev–Trinajstić information content (AvgIpc) is 2.48. The van der Waals surface area contributed by atoms with E-state index in [-0.39, 0.29) is 16.8 Å². The van der Waals surface area contributed by atoms with Crippen molar-refractivity contribution in [1.82, 2.24) is 0 Å². The predicted octanol–water partition coefficient (Wildman–Crippen LogP) is 4.84. The van der Waals surface area contributed by atoms with Gasteiger partial charge in [0.25, 0.3) is 0 Å². The molecular formula is C14H12F7IO4. The van der Waals surface area contributed by atoms with Crippen LogP contribution in [0.5, 0.6) is 5.75 Å². The van der Waals surface area contributed by atoms with Gasteiger partial charge >= 0.3 is 24.2 Å². The van der Waals surface area contributed by atoms with Gasteiger partial charge in [-0.3, -0.25) is 0 Å². The molecule has 148 valence electrons. The van der Waals surface area contributed by atoms with Crippen LogP contribution >= 0.6 is 22.6 Å². The maximum atomic E-state index is 13.0. The van der Waals surface area contributed by atoms with Gasteiger partial charge in [0.1, 0.15) is 5.75 Å². The summed E-state index contributed by atoms with van der Waals surface area (Å²) in [5, 5.41) is 8.30. The molecule has 0 aliphatic rings. The fourth-order valence-electron chi connectivity index (χ4n) is 1.63. The van der Waals surface area contributed by atoms with Crippen molar-refractivity contribution in [2.75, 3.05) is 6.61 Å². The summed E-state index contributed by atoms with van der Waals surface area (Å²) < 4.78 is 96.4. The first-order valence-electron chi connectivity index (χ1n) is 6.87. The van der Waals surface area contributed by atoms with Crippen LogP contribution in [0.1, 0.15) is 18.4 Å². The molecule has 0 unspecified atom stereocenters. The normalized spacial score (nSPS) is 12.9. The molecule has 0 saturated carbocycles. The minimum atomic E-state index is -5.61. The van der Waals surface area contributed by atoms with E-state index >= 15 is 0 Å². The lowest BCUT2D eigenvalue weighted by atomic mass is 10.2. The summed E-state index contributed by atoms with van der Waals surface area (Å²) in [6.45, 7) is -0.527. The molecule has 1 aromatic rings. The topological polar surface area (TPSA) is 55.8 Å². The molecule has 0 spiro atoms. The van der Waals surface area contributed by atoms with Gasteiger partial charge in [-0.25, -0.2) is 4.79 Å². The zero-order valence-electron chi connectivity index (χ0n) is 12.8. The molecule has 1 N–H and O–H groups in total. The van der Waals surface area contributed by atoms with Crippen LogP contribution in [-0.4, -0.2) is 35.9 Å². The largest absolute Gasteiger partial charge is 0.501 e. The highest BCUT2D eigenvalue weighted by atomic mass is 127. The molecule has 1 rings (SSSR count). The van der Waals surface area contributed by atoms with E-state index < -0.39 is 42.8 Å². The molecule has 1 aromatic carbocycles. The second-order valence-electron chi connectivity index (χ2n) is 5.05. The number of rotatable bonds is 9. The third kappa shape index (κ3) is 6.45. The van der Waals surface area contributed by atoms with E-state index in [0.29, 0.717) is 5.56 Å². The maximum Gasteiger partial charge on any atom is 0.501 e. The molecular weight excluding hydrogens is 492 g/mol. The van der Waals surface area contributed by atoms with Crippen molar-refractivity contribution >= 4 is 28.6 Å². The number of carbonyl (C=O) groups is 1. The van der Waals surface area contributed by atoms with Gasteiger partial charge in [-0.2, -0.15) is 30.7 Å². The maximum absolute atomic E-state index is 13.0. The Morgan fingerprint density at radius 3 is 2.23 bits per heavy atom. The fraction of sp³-hybridized carbons (Fsp3) is 0.500. The molecule has 26 heavy (non-hydrogen) atoms. The Hall–Kier alpha value is -1.31. The van der Waals surface area contributed by atoms with Crippen molar-refractivity contribution in [1.29, 1.82) is 0 Å². The van der Waals surface area contributed by atoms with Crippen LogP contribution < -0.4 is 4.74 Å². The van der Waals surface area contributed by atoms with Gasteiger partial charge < -0.3 is 14.6 Å². The second kappa shape index (κ2) is 8.59. The third-order valence-corrected chi connectivity index (χ3v) is 3.79. The average molecular weight is 504 g/mol. The summed E-state index contributed by atoms with van der Waals surface area (Å²) in [5.41, 5.74) is 0.406. The number of aliphatic carboxylic acids is 1. The van der Waals surface area contributed by atoms with E-state index in [2.05, 4.69) is 4.74 Å². The molecule has 0 saturated heterocycles. The summed E-state index contributed by atoms with van der Waals surface area (Å²) in [4.78, 5) is 10.3. The summed E-state index contributed by atoms with van der Waals surface area (Å²) in [6, 6.07) is 3.65. The smallest absolute Gasteiger partial charge is 0.474 e. The first kappa shape index (κ1) is 22.7. The standard InChI is InChI=1S/C14H12F7IO4/c15-12(16,14(19,20)21)4-1-5-25-7-8-2-3-10(9(22)6-8)26-13(17,18)11(23)24/h2-3,6H,1,4-5,7H2,(H,23,24). The van der Waals surface area contributed by atoms with Gasteiger partial charge in [-0.05, 0) is 46.7 Å². The molecule has 0 aliphatic carbocycles. The van der Waals surface area contributed by atoms with Crippen LogP contribution in [0.4, 0.5) is 30.7 Å². The van der Waals surface area contributed by atoms with E-state index in [4.69, 9.17) is 9.84 Å². The van der Waals surface area contributed by atoms with Crippen LogP contribution in [0, 0.1) is 3.57 Å². The minimum absolute atomic E-state index is 0.133. The van der Waals surface area contributed by atoms with Crippen LogP contribution in [0.15, 0.2) is 18.2 Å². The zero-order chi connectivity index (χ0) is 20.2. The summed E-state index contributed by atoms with van der Waals surface area (Å²) in [5.74, 6) is -7.65. The van der Waals surface area contributed by atoms with Crippen molar-refractivity contribution < 1.29 is 50.1 Å². The Kier molecular flexibility index (Phi) is 7.51. The molecule has 0 radical (unpaired) electrons. The van der Waals surface area contributed by atoms with Crippen LogP contribution in [0.2, 0.25) is 0 Å². The molecule has 0 fully saturated rings. The number of halogens is 8.